The van der Waals surface area contributed by atoms with Crippen LogP contribution in [0.3, 0.4) is 0 Å². The van der Waals surface area contributed by atoms with Crippen molar-refractivity contribution < 1.29 is 23.9 Å². The highest BCUT2D eigenvalue weighted by molar-refractivity contribution is 8.00. The highest BCUT2D eigenvalue weighted by Gasteiger charge is 2.30. The third-order valence-corrected chi connectivity index (χ3v) is 9.60. The molecular formula is C32H35N5O5S2. The number of carbonyl (C=O) groups is 3. The molecule has 0 aliphatic heterocycles. The number of fused-ring (bicyclic) bond motifs is 1. The first-order valence-corrected chi connectivity index (χ1v) is 16.3. The van der Waals surface area contributed by atoms with Crippen LogP contribution in [0.25, 0.3) is 0 Å². The molecule has 0 fully saturated rings. The van der Waals surface area contributed by atoms with Crippen LogP contribution in [0.4, 0.5) is 5.00 Å². The molecule has 10 nitrogen and oxygen atoms in total. The second-order valence-corrected chi connectivity index (χ2v) is 12.6. The predicted molar refractivity (Wildman–Crippen MR) is 171 cm³/mol. The zero-order chi connectivity index (χ0) is 31.1. The highest BCUT2D eigenvalue weighted by Crippen LogP contribution is 2.40. The van der Waals surface area contributed by atoms with E-state index in [1.54, 1.807) is 38.1 Å². The van der Waals surface area contributed by atoms with Gasteiger partial charge in [0, 0.05) is 11.4 Å². The van der Waals surface area contributed by atoms with Crippen molar-refractivity contribution in [1.82, 2.24) is 20.1 Å². The Hall–Kier alpha value is -4.16. The van der Waals surface area contributed by atoms with Gasteiger partial charge in [-0.05, 0) is 62.8 Å². The normalized spacial score (nSPS) is 12.8. The number of esters is 1. The Balaban J connectivity index is 1.32. The number of ether oxygens (including phenoxy) is 2. The minimum Gasteiger partial charge on any atom is -0.496 e. The Bertz CT molecular complexity index is 1640. The molecule has 0 bridgehead atoms. The Morgan fingerprint density at radius 3 is 2.61 bits per heavy atom. The van der Waals surface area contributed by atoms with E-state index >= 15 is 0 Å². The molecule has 44 heavy (non-hydrogen) atoms. The van der Waals surface area contributed by atoms with Gasteiger partial charge in [-0.2, -0.15) is 0 Å². The second-order valence-electron chi connectivity index (χ2n) is 10.2. The molecule has 0 saturated carbocycles. The maximum absolute atomic E-state index is 13.4. The molecule has 1 aliphatic carbocycles. The summed E-state index contributed by atoms with van der Waals surface area (Å²) in [6.07, 6.45) is 3.41. The van der Waals surface area contributed by atoms with Crippen LogP contribution in [0.2, 0.25) is 0 Å². The fraction of sp³-hybridized carbons (Fsp3) is 0.344. The number of nitrogens with one attached hydrogen (secondary N) is 2. The maximum Gasteiger partial charge on any atom is 0.341 e. The number of hydrogen-bond acceptors (Lipinski definition) is 9. The van der Waals surface area contributed by atoms with Gasteiger partial charge in [0.05, 0.1) is 36.6 Å². The zero-order valence-electron chi connectivity index (χ0n) is 24.9. The number of amides is 2. The van der Waals surface area contributed by atoms with Gasteiger partial charge in [0.2, 0.25) is 5.91 Å². The molecule has 0 spiro atoms. The molecule has 2 aromatic heterocycles. The third kappa shape index (κ3) is 7.13. The minimum absolute atomic E-state index is 0.142. The molecule has 1 atom stereocenters. The molecule has 0 unspecified atom stereocenters. The molecule has 5 rings (SSSR count). The summed E-state index contributed by atoms with van der Waals surface area (Å²) >= 11 is 2.73. The van der Waals surface area contributed by atoms with Crippen molar-refractivity contribution in [2.45, 2.75) is 63.0 Å². The van der Waals surface area contributed by atoms with E-state index < -0.39 is 11.2 Å². The molecule has 2 aromatic carbocycles. The van der Waals surface area contributed by atoms with Crippen LogP contribution in [-0.4, -0.2) is 51.5 Å². The van der Waals surface area contributed by atoms with Gasteiger partial charge in [0.15, 0.2) is 11.0 Å². The fourth-order valence-corrected chi connectivity index (χ4v) is 7.24. The van der Waals surface area contributed by atoms with Gasteiger partial charge in [-0.25, -0.2) is 4.79 Å². The third-order valence-electron chi connectivity index (χ3n) is 7.31. The van der Waals surface area contributed by atoms with Crippen molar-refractivity contribution in [2.75, 3.05) is 19.0 Å². The van der Waals surface area contributed by atoms with E-state index in [-0.39, 0.29) is 25.0 Å². The Kier molecular flexibility index (Phi) is 10.3. The lowest BCUT2D eigenvalue weighted by atomic mass is 10.1. The van der Waals surface area contributed by atoms with Crippen molar-refractivity contribution in [3.63, 3.8) is 0 Å². The number of hydrogen-bond donors (Lipinski definition) is 2. The van der Waals surface area contributed by atoms with Crippen molar-refractivity contribution in [3.8, 4) is 5.75 Å². The number of thioether (sulfide) groups is 1. The van der Waals surface area contributed by atoms with E-state index in [1.165, 1.54) is 30.2 Å². The number of thiophene rings is 1. The minimum atomic E-state index is -0.544. The summed E-state index contributed by atoms with van der Waals surface area (Å²) in [5.41, 5.74) is 3.04. The molecular weight excluding hydrogens is 599 g/mol. The number of nitrogens with zero attached hydrogens (tertiary/aromatic N) is 3. The summed E-state index contributed by atoms with van der Waals surface area (Å²) < 4.78 is 12.6. The van der Waals surface area contributed by atoms with E-state index in [0.29, 0.717) is 45.8 Å². The van der Waals surface area contributed by atoms with Crippen molar-refractivity contribution in [2.24, 2.45) is 0 Å². The number of para-hydroxylation sites is 1. The average molecular weight is 634 g/mol. The van der Waals surface area contributed by atoms with E-state index in [9.17, 15) is 14.4 Å². The predicted octanol–water partition coefficient (Wildman–Crippen LogP) is 5.31. The van der Waals surface area contributed by atoms with E-state index in [1.807, 2.05) is 22.8 Å². The topological polar surface area (TPSA) is 124 Å². The number of aromatic nitrogens is 3. The molecule has 4 aromatic rings. The highest BCUT2D eigenvalue weighted by atomic mass is 32.2. The molecule has 2 amide bonds. The van der Waals surface area contributed by atoms with Gasteiger partial charge in [0.1, 0.15) is 10.8 Å². The summed E-state index contributed by atoms with van der Waals surface area (Å²) in [5.74, 6) is 0.113. The Morgan fingerprint density at radius 2 is 1.84 bits per heavy atom. The first-order valence-electron chi connectivity index (χ1n) is 14.6. The molecule has 1 aliphatic rings. The van der Waals surface area contributed by atoms with Gasteiger partial charge in [-0.15, -0.1) is 21.5 Å². The standard InChI is InChI=1S/C32H35N5O5S2/c1-4-42-31(40)27-23-14-10-16-25(23)44-30(27)34-28(38)20(2)43-32-36-35-26(37(32)18-17-21-11-6-5-7-12-21)19-33-29(39)22-13-8-9-15-24(22)41-3/h5-9,11-13,15,20H,4,10,14,16-19H2,1-3H3,(H,33,39)(H,34,38)/t20-/m1/s1. The number of aryl methyl sites for hydroxylation is 2. The number of methoxy groups -OCH3 is 1. The van der Waals surface area contributed by atoms with Crippen molar-refractivity contribution in [3.05, 3.63) is 87.6 Å². The Morgan fingerprint density at radius 1 is 1.07 bits per heavy atom. The Labute approximate surface area is 264 Å². The molecule has 2 heterocycles. The largest absolute Gasteiger partial charge is 0.496 e. The summed E-state index contributed by atoms with van der Waals surface area (Å²) in [6, 6.07) is 17.1. The SMILES string of the molecule is CCOC(=O)c1c(NC(=O)[C@@H](C)Sc2nnc(CNC(=O)c3ccccc3OC)n2CCc2ccccc2)sc2c1CCC2. The summed E-state index contributed by atoms with van der Waals surface area (Å²) in [7, 11) is 1.52. The summed E-state index contributed by atoms with van der Waals surface area (Å²) in [4.78, 5) is 40.3. The van der Waals surface area contributed by atoms with Crippen LogP contribution >= 0.6 is 23.1 Å². The fourth-order valence-electron chi connectivity index (χ4n) is 5.07. The molecule has 0 radical (unpaired) electrons. The lowest BCUT2D eigenvalue weighted by molar-refractivity contribution is -0.115. The van der Waals surface area contributed by atoms with Crippen molar-refractivity contribution in [1.29, 1.82) is 0 Å². The smallest absolute Gasteiger partial charge is 0.341 e. The van der Waals surface area contributed by atoms with Gasteiger partial charge in [0.25, 0.3) is 5.91 Å². The van der Waals surface area contributed by atoms with E-state index in [0.717, 1.165) is 35.3 Å². The maximum atomic E-state index is 13.4. The lowest BCUT2D eigenvalue weighted by Crippen LogP contribution is -2.26. The quantitative estimate of drug-likeness (QED) is 0.150. The van der Waals surface area contributed by atoms with Gasteiger partial charge in [-0.3, -0.25) is 9.59 Å². The lowest BCUT2D eigenvalue weighted by Gasteiger charge is -2.15. The number of benzene rings is 2. The first-order chi connectivity index (χ1) is 21.4. The summed E-state index contributed by atoms with van der Waals surface area (Å²) in [6.45, 7) is 4.53. The van der Waals surface area contributed by atoms with E-state index in [4.69, 9.17) is 9.47 Å². The molecule has 0 saturated heterocycles. The average Bonchev–Trinajstić information content (AvgIpc) is 3.74. The van der Waals surface area contributed by atoms with Crippen LogP contribution < -0.4 is 15.4 Å². The molecule has 12 heteroatoms. The number of carbonyl (C=O) groups excluding carboxylic acids is 3. The second kappa shape index (κ2) is 14.5. The van der Waals surface area contributed by atoms with Crippen LogP contribution in [0.15, 0.2) is 59.8 Å². The van der Waals surface area contributed by atoms with Crippen molar-refractivity contribution >= 4 is 45.9 Å². The van der Waals surface area contributed by atoms with Crippen LogP contribution in [0, 0.1) is 0 Å². The van der Waals surface area contributed by atoms with Gasteiger partial charge < -0.3 is 24.7 Å². The monoisotopic (exact) mass is 633 g/mol. The van der Waals surface area contributed by atoms with Crippen LogP contribution in [0.1, 0.15) is 62.8 Å². The van der Waals surface area contributed by atoms with Crippen LogP contribution in [0.5, 0.6) is 5.75 Å². The summed E-state index contributed by atoms with van der Waals surface area (Å²) in [5, 5.41) is 15.2. The zero-order valence-corrected chi connectivity index (χ0v) is 26.6. The van der Waals surface area contributed by atoms with Gasteiger partial charge in [-0.1, -0.05) is 54.2 Å². The molecule has 230 valence electrons. The van der Waals surface area contributed by atoms with E-state index in [2.05, 4.69) is 33.0 Å². The van der Waals surface area contributed by atoms with Gasteiger partial charge >= 0.3 is 5.97 Å². The number of rotatable bonds is 13. The molecule has 2 N–H and O–H groups in total. The van der Waals surface area contributed by atoms with Crippen LogP contribution in [-0.2, 0) is 41.9 Å². The number of anilines is 1. The first kappa shape index (κ1) is 31.3.